The van der Waals surface area contributed by atoms with Crippen LogP contribution in [0.3, 0.4) is 0 Å². The Bertz CT molecular complexity index is 1920. The lowest BCUT2D eigenvalue weighted by Gasteiger charge is -2.16. The largest absolute Gasteiger partial charge is 0.252 e. The molecule has 8 rings (SSSR count). The summed E-state index contributed by atoms with van der Waals surface area (Å²) in [6.07, 6.45) is 3.80. The highest BCUT2D eigenvalue weighted by molar-refractivity contribution is 8.00. The fraction of sp³-hybridized carbons (Fsp3) is 0.136. The molecular formula is C44H36N2S2. The fourth-order valence-corrected chi connectivity index (χ4v) is 8.97. The molecule has 0 bridgehead atoms. The zero-order chi connectivity index (χ0) is 32.1. The van der Waals surface area contributed by atoms with Gasteiger partial charge < -0.3 is 0 Å². The number of thioether (sulfide) groups is 2. The highest BCUT2D eigenvalue weighted by Crippen LogP contribution is 2.46. The maximum atomic E-state index is 5.18. The van der Waals surface area contributed by atoms with Gasteiger partial charge in [0.2, 0.25) is 0 Å². The Balaban J connectivity index is 0.967. The molecule has 6 aromatic rings. The van der Waals surface area contributed by atoms with E-state index < -0.39 is 0 Å². The van der Waals surface area contributed by atoms with Crippen LogP contribution in [-0.4, -0.2) is 11.4 Å². The Morgan fingerprint density at radius 2 is 0.792 bits per heavy atom. The van der Waals surface area contributed by atoms with Crippen molar-refractivity contribution in [2.75, 3.05) is 0 Å². The lowest BCUT2D eigenvalue weighted by atomic mass is 9.97. The molecule has 2 nitrogen and oxygen atoms in total. The van der Waals surface area contributed by atoms with Crippen LogP contribution in [-0.2, 0) is 12.8 Å². The van der Waals surface area contributed by atoms with E-state index in [-0.39, 0.29) is 0 Å². The van der Waals surface area contributed by atoms with E-state index in [0.29, 0.717) is 10.5 Å². The number of aliphatic imine (C=N–C) groups is 2. The van der Waals surface area contributed by atoms with Crippen LogP contribution in [0.2, 0.25) is 0 Å². The third-order valence-corrected chi connectivity index (χ3v) is 11.8. The first-order valence-electron chi connectivity index (χ1n) is 16.7. The Labute approximate surface area is 292 Å². The van der Waals surface area contributed by atoms with Gasteiger partial charge in [-0.3, -0.25) is 9.98 Å². The molecule has 2 aliphatic rings. The zero-order valence-electron chi connectivity index (χ0n) is 26.7. The molecule has 4 heteroatoms. The van der Waals surface area contributed by atoms with Crippen LogP contribution in [0.25, 0.3) is 0 Å². The molecule has 2 aliphatic heterocycles. The fourth-order valence-electron chi connectivity index (χ4n) is 6.51. The topological polar surface area (TPSA) is 24.7 Å². The first-order chi connectivity index (χ1) is 23.7. The maximum Gasteiger partial charge on any atom is 0.0769 e. The highest BCUT2D eigenvalue weighted by atomic mass is 32.2. The van der Waals surface area contributed by atoms with Crippen molar-refractivity contribution in [2.24, 2.45) is 9.98 Å². The predicted molar refractivity (Wildman–Crippen MR) is 205 cm³/mol. The molecule has 6 aromatic carbocycles. The monoisotopic (exact) mass is 656 g/mol. The molecule has 0 aliphatic carbocycles. The summed E-state index contributed by atoms with van der Waals surface area (Å²) >= 11 is 3.84. The number of fused-ring (bicyclic) bond motifs is 2. The normalized spacial score (nSPS) is 17.2. The molecule has 2 atom stereocenters. The molecule has 234 valence electrons. The number of aryl methyl sites for hydroxylation is 2. The number of hydrogen-bond donors (Lipinski definition) is 0. The van der Waals surface area contributed by atoms with Crippen molar-refractivity contribution in [3.8, 4) is 0 Å². The smallest absolute Gasteiger partial charge is 0.0769 e. The molecule has 0 aromatic heterocycles. The molecule has 0 spiro atoms. The summed E-state index contributed by atoms with van der Waals surface area (Å²) < 4.78 is 0. The van der Waals surface area contributed by atoms with Gasteiger partial charge >= 0.3 is 0 Å². The Hall–Kier alpha value is -4.64. The van der Waals surface area contributed by atoms with Crippen molar-refractivity contribution in [1.82, 2.24) is 0 Å². The van der Waals surface area contributed by atoms with E-state index in [1.807, 2.05) is 23.5 Å². The van der Waals surface area contributed by atoms with E-state index in [4.69, 9.17) is 9.98 Å². The molecule has 48 heavy (non-hydrogen) atoms. The number of nitrogens with zero attached hydrogens (tertiary/aromatic N) is 2. The van der Waals surface area contributed by atoms with Crippen molar-refractivity contribution < 1.29 is 0 Å². The van der Waals surface area contributed by atoms with Crippen LogP contribution in [0.5, 0.6) is 0 Å². The summed E-state index contributed by atoms with van der Waals surface area (Å²) in [5.74, 6) is 0. The van der Waals surface area contributed by atoms with Crippen molar-refractivity contribution in [3.63, 3.8) is 0 Å². The Kier molecular flexibility index (Phi) is 9.09. The van der Waals surface area contributed by atoms with Gasteiger partial charge in [0.25, 0.3) is 0 Å². The molecular weight excluding hydrogens is 621 g/mol. The summed E-state index contributed by atoms with van der Waals surface area (Å²) in [4.78, 5) is 12.9. The van der Waals surface area contributed by atoms with Gasteiger partial charge in [0.1, 0.15) is 0 Å². The third kappa shape index (κ3) is 6.96. The van der Waals surface area contributed by atoms with Crippen molar-refractivity contribution in [1.29, 1.82) is 0 Å². The van der Waals surface area contributed by atoms with Crippen LogP contribution in [0.4, 0.5) is 11.4 Å². The molecule has 0 radical (unpaired) electrons. The quantitative estimate of drug-likeness (QED) is 0.171. The van der Waals surface area contributed by atoms with Gasteiger partial charge in [0.15, 0.2) is 0 Å². The van der Waals surface area contributed by atoms with Crippen molar-refractivity contribution in [3.05, 3.63) is 191 Å². The third-order valence-electron chi connectivity index (χ3n) is 9.16. The minimum atomic E-state index is 0.331. The van der Waals surface area contributed by atoms with E-state index in [0.717, 1.165) is 48.5 Å². The van der Waals surface area contributed by atoms with E-state index in [9.17, 15) is 0 Å². The van der Waals surface area contributed by atoms with E-state index in [1.165, 1.54) is 43.2 Å². The summed E-state index contributed by atoms with van der Waals surface area (Å²) in [5, 5.41) is 0.663. The summed E-state index contributed by atoms with van der Waals surface area (Å²) in [6.45, 7) is 0. The minimum absolute atomic E-state index is 0.331. The lowest BCUT2D eigenvalue weighted by Crippen LogP contribution is -2.06. The molecule has 0 saturated carbocycles. The first kappa shape index (κ1) is 30.7. The van der Waals surface area contributed by atoms with Crippen LogP contribution in [0.15, 0.2) is 178 Å². The number of benzene rings is 6. The lowest BCUT2D eigenvalue weighted by molar-refractivity contribution is 0.958. The summed E-state index contributed by atoms with van der Waals surface area (Å²) in [6, 6.07) is 56.9. The van der Waals surface area contributed by atoms with Gasteiger partial charge in [0, 0.05) is 44.6 Å². The van der Waals surface area contributed by atoms with Gasteiger partial charge in [0.05, 0.1) is 11.4 Å². The van der Waals surface area contributed by atoms with Crippen LogP contribution < -0.4 is 0 Å². The summed E-state index contributed by atoms with van der Waals surface area (Å²) in [5.41, 5.74) is 12.2. The molecule has 2 unspecified atom stereocenters. The van der Waals surface area contributed by atoms with Crippen molar-refractivity contribution in [2.45, 2.75) is 46.0 Å². The minimum Gasteiger partial charge on any atom is -0.252 e. The molecule has 0 saturated heterocycles. The first-order valence-corrected chi connectivity index (χ1v) is 18.5. The number of para-hydroxylation sites is 2. The van der Waals surface area contributed by atoms with Gasteiger partial charge in [-0.25, -0.2) is 0 Å². The summed E-state index contributed by atoms with van der Waals surface area (Å²) in [7, 11) is 0. The van der Waals surface area contributed by atoms with E-state index in [1.54, 1.807) is 0 Å². The molecule has 0 fully saturated rings. The van der Waals surface area contributed by atoms with Crippen LogP contribution in [0, 0.1) is 0 Å². The van der Waals surface area contributed by atoms with Crippen LogP contribution >= 0.6 is 23.5 Å². The SMILES string of the molecule is c1ccc(C2CC(c3ccc(CCc4ccc(C5=Nc6ccccc6SC(c6ccccc6)C5)cc4)cc3)=Nc3ccccc3S2)cc1. The second kappa shape index (κ2) is 14.2. The average molecular weight is 657 g/mol. The van der Waals surface area contributed by atoms with Crippen molar-refractivity contribution >= 4 is 46.3 Å². The Morgan fingerprint density at radius 3 is 1.21 bits per heavy atom. The Morgan fingerprint density at radius 1 is 0.417 bits per heavy atom. The molecule has 0 N–H and O–H groups in total. The van der Waals surface area contributed by atoms with Gasteiger partial charge in [-0.05, 0) is 70.5 Å². The maximum absolute atomic E-state index is 5.18. The number of rotatable bonds is 7. The second-order valence-corrected chi connectivity index (χ2v) is 14.9. The van der Waals surface area contributed by atoms with Gasteiger partial charge in [-0.2, -0.15) is 0 Å². The average Bonchev–Trinajstić information content (AvgIpc) is 3.48. The molecule has 0 amide bonds. The molecule has 2 heterocycles. The van der Waals surface area contributed by atoms with Crippen LogP contribution in [0.1, 0.15) is 56.7 Å². The second-order valence-electron chi connectivity index (χ2n) is 12.4. The van der Waals surface area contributed by atoms with E-state index >= 15 is 0 Å². The van der Waals surface area contributed by atoms with E-state index in [2.05, 4.69) is 158 Å². The highest BCUT2D eigenvalue weighted by Gasteiger charge is 2.24. The number of hydrogen-bond acceptors (Lipinski definition) is 4. The van der Waals surface area contributed by atoms with Gasteiger partial charge in [-0.1, -0.05) is 133 Å². The predicted octanol–water partition coefficient (Wildman–Crippen LogP) is 12.2. The zero-order valence-corrected chi connectivity index (χ0v) is 28.3. The van der Waals surface area contributed by atoms with Gasteiger partial charge in [-0.15, -0.1) is 23.5 Å². The standard InChI is InChI=1S/C44H36N2S2/c1-3-11-35(12-4-1)43-29-39(45-37-15-7-9-17-41(37)47-43)33-25-21-31(22-26-33)19-20-32-23-27-34(28-24-32)40-30-44(36-13-5-2-6-14-36)48-42-18-10-8-16-38(42)46-40/h1-18,21-28,43-44H,19-20,29-30H2.